The molecule has 0 spiro atoms. The molecule has 0 heterocycles. The Bertz CT molecular complexity index is 268. The van der Waals surface area contributed by atoms with Crippen molar-refractivity contribution in [1.82, 2.24) is 0 Å². The second-order valence-electron chi connectivity index (χ2n) is 5.42. The Kier molecular flexibility index (Phi) is 6.71. The highest BCUT2D eigenvalue weighted by atomic mass is 28.3. The molecule has 0 saturated carbocycles. The quantitative estimate of drug-likeness (QED) is 0.303. The van der Waals surface area contributed by atoms with E-state index >= 15 is 0 Å². The van der Waals surface area contributed by atoms with Crippen LogP contribution in [-0.4, -0.2) is 26.1 Å². The van der Waals surface area contributed by atoms with E-state index in [-0.39, 0.29) is 11.7 Å². The number of esters is 1. The lowest BCUT2D eigenvalue weighted by atomic mass is 10.3. The molecule has 2 atom stereocenters. The van der Waals surface area contributed by atoms with Crippen LogP contribution >= 0.6 is 0 Å². The largest absolute Gasteiger partial charge is 0.432 e. The molecule has 0 aliphatic heterocycles. The molecule has 0 radical (unpaired) electrons. The zero-order chi connectivity index (χ0) is 13.6. The zero-order valence-corrected chi connectivity index (χ0v) is 13.0. The van der Waals surface area contributed by atoms with Crippen LogP contribution in [-0.2, 0) is 14.3 Å². The van der Waals surface area contributed by atoms with Gasteiger partial charge in [-0.2, -0.15) is 0 Å². The van der Waals surface area contributed by atoms with E-state index in [1.165, 1.54) is 0 Å². The highest BCUT2D eigenvalue weighted by molar-refractivity contribution is 6.77. The molecular weight excluding hydrogens is 232 g/mol. The number of carbonyl (C=O) groups excluding carboxylic acids is 1. The summed E-state index contributed by atoms with van der Waals surface area (Å²) in [4.78, 5) is 11.4. The van der Waals surface area contributed by atoms with Crippen molar-refractivity contribution in [2.75, 3.05) is 0 Å². The molecule has 0 amide bonds. The monoisotopic (exact) mass is 258 g/mol. The van der Waals surface area contributed by atoms with Gasteiger partial charge in [0, 0.05) is 12.0 Å². The predicted octanol–water partition coefficient (Wildman–Crippen LogP) is 3.51. The highest BCUT2D eigenvalue weighted by Crippen LogP contribution is 2.18. The maximum atomic E-state index is 11.4. The molecule has 3 nitrogen and oxygen atoms in total. The van der Waals surface area contributed by atoms with Gasteiger partial charge < -0.3 is 9.47 Å². The molecule has 17 heavy (non-hydrogen) atoms. The van der Waals surface area contributed by atoms with Gasteiger partial charge in [0.05, 0.1) is 13.8 Å². The summed E-state index contributed by atoms with van der Waals surface area (Å²) in [7, 11) is -1.38. The Labute approximate surface area is 106 Å². The van der Waals surface area contributed by atoms with E-state index in [0.717, 1.165) is 6.42 Å². The van der Waals surface area contributed by atoms with Gasteiger partial charge in [-0.1, -0.05) is 40.1 Å². The predicted molar refractivity (Wildman–Crippen MR) is 73.5 cm³/mol. The third-order valence-corrected chi connectivity index (χ3v) is 5.05. The fourth-order valence-corrected chi connectivity index (χ4v) is 3.31. The van der Waals surface area contributed by atoms with Crippen molar-refractivity contribution < 1.29 is 14.3 Å². The van der Waals surface area contributed by atoms with Crippen molar-refractivity contribution in [3.05, 3.63) is 12.2 Å². The molecule has 0 aromatic heterocycles. The van der Waals surface area contributed by atoms with Gasteiger partial charge in [-0.15, -0.1) is 0 Å². The molecule has 4 heteroatoms. The van der Waals surface area contributed by atoms with Gasteiger partial charge >= 0.3 is 5.97 Å². The number of ether oxygens (including phenoxy) is 2. The third kappa shape index (κ3) is 6.03. The molecular formula is C13H26O3Si. The Hall–Kier alpha value is -0.613. The lowest BCUT2D eigenvalue weighted by Gasteiger charge is -2.31. The van der Waals surface area contributed by atoms with Crippen molar-refractivity contribution in [2.24, 2.45) is 0 Å². The summed E-state index contributed by atoms with van der Waals surface area (Å²) in [6.07, 6.45) is 1.17. The first-order valence-corrected chi connectivity index (χ1v) is 9.82. The second-order valence-corrected chi connectivity index (χ2v) is 10.8. The Morgan fingerprint density at radius 1 is 1.24 bits per heavy atom. The molecule has 0 aliphatic rings. The highest BCUT2D eigenvalue weighted by Gasteiger charge is 2.29. The molecule has 0 N–H and O–H groups in total. The van der Waals surface area contributed by atoms with E-state index in [9.17, 15) is 4.79 Å². The van der Waals surface area contributed by atoms with Crippen LogP contribution in [0.3, 0.4) is 0 Å². The van der Waals surface area contributed by atoms with Gasteiger partial charge in [-0.3, -0.25) is 0 Å². The van der Waals surface area contributed by atoms with Crippen molar-refractivity contribution in [2.45, 2.75) is 65.3 Å². The van der Waals surface area contributed by atoms with Crippen LogP contribution in [0.2, 0.25) is 19.6 Å². The maximum absolute atomic E-state index is 11.4. The first-order valence-electron chi connectivity index (χ1n) is 6.24. The molecule has 0 fully saturated rings. The molecule has 0 bridgehead atoms. The SMILES string of the molecule is C=C(C)C(=O)OC(CC)OC(CC)[Si](C)(C)C. The maximum Gasteiger partial charge on any atom is 0.335 e. The van der Waals surface area contributed by atoms with Gasteiger partial charge in [0.2, 0.25) is 6.29 Å². The Balaban J connectivity index is 4.48. The first-order chi connectivity index (χ1) is 7.72. The van der Waals surface area contributed by atoms with E-state index in [1.54, 1.807) is 6.92 Å². The lowest BCUT2D eigenvalue weighted by Crippen LogP contribution is -2.43. The summed E-state index contributed by atoms with van der Waals surface area (Å²) in [6.45, 7) is 16.0. The molecule has 2 unspecified atom stereocenters. The topological polar surface area (TPSA) is 35.5 Å². The lowest BCUT2D eigenvalue weighted by molar-refractivity contribution is -0.179. The molecule has 0 rings (SSSR count). The minimum Gasteiger partial charge on any atom is -0.432 e. The van der Waals surface area contributed by atoms with Gasteiger partial charge in [0.15, 0.2) is 0 Å². The third-order valence-electron chi connectivity index (χ3n) is 2.57. The van der Waals surface area contributed by atoms with E-state index in [1.807, 2.05) is 6.92 Å². The van der Waals surface area contributed by atoms with Crippen molar-refractivity contribution >= 4 is 14.0 Å². The summed E-state index contributed by atoms with van der Waals surface area (Å²) >= 11 is 0. The number of hydrogen-bond donors (Lipinski definition) is 0. The normalized spacial score (nSPS) is 15.2. The smallest absolute Gasteiger partial charge is 0.335 e. The minimum absolute atomic E-state index is 0.213. The Morgan fingerprint density at radius 3 is 2.06 bits per heavy atom. The molecule has 100 valence electrons. The van der Waals surface area contributed by atoms with Crippen LogP contribution in [0.1, 0.15) is 33.6 Å². The summed E-state index contributed by atoms with van der Waals surface area (Å²) in [5.74, 6) is -0.373. The number of rotatable bonds is 7. The number of hydrogen-bond acceptors (Lipinski definition) is 3. The van der Waals surface area contributed by atoms with Gasteiger partial charge in [0.1, 0.15) is 0 Å². The van der Waals surface area contributed by atoms with Gasteiger partial charge in [-0.05, 0) is 13.3 Å². The van der Waals surface area contributed by atoms with Gasteiger partial charge in [0.25, 0.3) is 0 Å². The van der Waals surface area contributed by atoms with Crippen LogP contribution in [0.25, 0.3) is 0 Å². The van der Waals surface area contributed by atoms with E-state index in [4.69, 9.17) is 9.47 Å². The fraction of sp³-hybridized carbons (Fsp3) is 0.769. The van der Waals surface area contributed by atoms with Crippen molar-refractivity contribution in [1.29, 1.82) is 0 Å². The Morgan fingerprint density at radius 2 is 1.76 bits per heavy atom. The standard InChI is InChI=1S/C13H26O3Si/c1-8-11(16-13(14)10(3)4)15-12(9-2)17(5,6)7/h11-12H,3,8-9H2,1-2,4-7H3. The molecule has 0 aromatic rings. The van der Waals surface area contributed by atoms with Crippen molar-refractivity contribution in [3.63, 3.8) is 0 Å². The number of carbonyl (C=O) groups is 1. The van der Waals surface area contributed by atoms with Crippen molar-refractivity contribution in [3.8, 4) is 0 Å². The van der Waals surface area contributed by atoms with E-state index in [0.29, 0.717) is 12.0 Å². The van der Waals surface area contributed by atoms with Crippen LogP contribution < -0.4 is 0 Å². The first kappa shape index (κ1) is 16.4. The zero-order valence-electron chi connectivity index (χ0n) is 12.0. The van der Waals surface area contributed by atoms with Crippen LogP contribution in [0.4, 0.5) is 0 Å². The van der Waals surface area contributed by atoms with Crippen LogP contribution in [0, 0.1) is 0 Å². The summed E-state index contributed by atoms with van der Waals surface area (Å²) < 4.78 is 11.2. The van der Waals surface area contributed by atoms with Crippen LogP contribution in [0.15, 0.2) is 12.2 Å². The van der Waals surface area contributed by atoms with E-state index in [2.05, 4.69) is 33.1 Å². The molecule has 0 aliphatic carbocycles. The molecule has 0 saturated heterocycles. The van der Waals surface area contributed by atoms with E-state index < -0.39 is 14.4 Å². The average Bonchev–Trinajstić information content (AvgIpc) is 2.21. The molecule has 0 aromatic carbocycles. The average molecular weight is 258 g/mol. The summed E-state index contributed by atoms with van der Waals surface area (Å²) in [5.41, 5.74) is 0.624. The second kappa shape index (κ2) is 6.96. The fourth-order valence-electron chi connectivity index (χ4n) is 1.52. The van der Waals surface area contributed by atoms with Gasteiger partial charge in [-0.25, -0.2) is 4.79 Å². The summed E-state index contributed by atoms with van der Waals surface area (Å²) in [6, 6.07) is 0. The summed E-state index contributed by atoms with van der Waals surface area (Å²) in [5, 5.41) is 0. The minimum atomic E-state index is -1.38. The van der Waals surface area contributed by atoms with Crippen LogP contribution in [0.5, 0.6) is 0 Å².